The van der Waals surface area contributed by atoms with E-state index in [0.29, 0.717) is 5.70 Å². The van der Waals surface area contributed by atoms with Crippen molar-refractivity contribution in [2.75, 3.05) is 0 Å². The number of nitrogens with zero attached hydrogens (tertiary/aromatic N) is 4. The summed E-state index contributed by atoms with van der Waals surface area (Å²) in [5, 5.41) is 17.5. The second-order valence-electron chi connectivity index (χ2n) is 4.54. The maximum atomic E-state index is 9.37. The molecule has 4 nitrogen and oxygen atoms in total. The number of aryl methyl sites for hydroxylation is 1. The van der Waals surface area contributed by atoms with Gasteiger partial charge in [-0.2, -0.15) is 5.26 Å². The first-order chi connectivity index (χ1) is 9.78. The lowest BCUT2D eigenvalue weighted by Gasteiger charge is -2.00. The first kappa shape index (κ1) is 12.1. The minimum absolute atomic E-state index is 0.447. The molecular weight excluding hydrogens is 248 g/mol. The van der Waals surface area contributed by atoms with Crippen molar-refractivity contribution in [3.05, 3.63) is 59.7 Å². The quantitative estimate of drug-likeness (QED) is 0.664. The molecular formula is C16H12N4. The second-order valence-corrected chi connectivity index (χ2v) is 4.54. The molecule has 96 valence electrons. The molecule has 2 aromatic carbocycles. The van der Waals surface area contributed by atoms with E-state index >= 15 is 0 Å². The molecule has 1 aromatic heterocycles. The summed E-state index contributed by atoms with van der Waals surface area (Å²) in [5.74, 6) is 0. The van der Waals surface area contributed by atoms with Gasteiger partial charge in [-0.1, -0.05) is 47.2 Å². The Bertz CT molecular complexity index is 820. The highest BCUT2D eigenvalue weighted by Gasteiger charge is 2.07. The topological polar surface area (TPSA) is 54.5 Å². The molecule has 1 heterocycles. The predicted molar refractivity (Wildman–Crippen MR) is 78.5 cm³/mol. The van der Waals surface area contributed by atoms with E-state index in [1.807, 2.05) is 55.5 Å². The highest BCUT2D eigenvalue weighted by Crippen LogP contribution is 2.17. The third-order valence-electron chi connectivity index (χ3n) is 3.08. The Hall–Kier alpha value is -2.93. The molecule has 0 fully saturated rings. The molecule has 0 spiro atoms. The molecule has 0 saturated carbocycles. The van der Waals surface area contributed by atoms with E-state index in [1.54, 1.807) is 10.8 Å². The number of para-hydroxylation sites is 1. The summed E-state index contributed by atoms with van der Waals surface area (Å²) in [6, 6.07) is 17.7. The van der Waals surface area contributed by atoms with E-state index in [1.165, 1.54) is 5.56 Å². The minimum atomic E-state index is 0.447. The maximum absolute atomic E-state index is 9.37. The molecule has 0 aliphatic carbocycles. The van der Waals surface area contributed by atoms with E-state index in [-0.39, 0.29) is 0 Å². The van der Waals surface area contributed by atoms with Gasteiger partial charge in [0, 0.05) is 0 Å². The van der Waals surface area contributed by atoms with Crippen molar-refractivity contribution in [2.45, 2.75) is 6.92 Å². The van der Waals surface area contributed by atoms with Gasteiger partial charge in [-0.25, -0.2) is 4.68 Å². The highest BCUT2D eigenvalue weighted by atomic mass is 15.4. The largest absolute Gasteiger partial charge is 0.202 e. The van der Waals surface area contributed by atoms with Gasteiger partial charge in [-0.15, -0.1) is 5.10 Å². The van der Waals surface area contributed by atoms with Crippen LogP contribution in [0.25, 0.3) is 22.8 Å². The maximum Gasteiger partial charge on any atom is 0.145 e. The summed E-state index contributed by atoms with van der Waals surface area (Å²) in [5.41, 5.74) is 4.20. The highest BCUT2D eigenvalue weighted by molar-refractivity contribution is 5.86. The number of aromatic nitrogens is 3. The summed E-state index contributed by atoms with van der Waals surface area (Å²) < 4.78 is 1.56. The molecule has 0 N–H and O–H groups in total. The van der Waals surface area contributed by atoms with Crippen LogP contribution in [0.5, 0.6) is 0 Å². The van der Waals surface area contributed by atoms with Crippen LogP contribution < -0.4 is 0 Å². The van der Waals surface area contributed by atoms with Crippen LogP contribution in [0, 0.1) is 18.3 Å². The summed E-state index contributed by atoms with van der Waals surface area (Å²) >= 11 is 0. The summed E-state index contributed by atoms with van der Waals surface area (Å²) in [4.78, 5) is 0. The van der Waals surface area contributed by atoms with Crippen molar-refractivity contribution in [3.8, 4) is 6.07 Å². The fraction of sp³-hybridized carbons (Fsp3) is 0.0625. The zero-order valence-corrected chi connectivity index (χ0v) is 11.0. The van der Waals surface area contributed by atoms with Crippen LogP contribution in [-0.4, -0.2) is 15.0 Å². The zero-order valence-electron chi connectivity index (χ0n) is 11.0. The Labute approximate surface area is 116 Å². The van der Waals surface area contributed by atoms with Crippen molar-refractivity contribution in [1.29, 1.82) is 5.26 Å². The Morgan fingerprint density at radius 1 is 1.15 bits per heavy atom. The Kier molecular flexibility index (Phi) is 3.02. The predicted octanol–water partition coefficient (Wildman–Crippen LogP) is 3.26. The molecule has 0 aliphatic rings. The van der Waals surface area contributed by atoms with Crippen molar-refractivity contribution < 1.29 is 0 Å². The van der Waals surface area contributed by atoms with Gasteiger partial charge in [0.2, 0.25) is 0 Å². The lowest BCUT2D eigenvalue weighted by molar-refractivity contribution is 0.848. The van der Waals surface area contributed by atoms with E-state index in [4.69, 9.17) is 0 Å². The summed E-state index contributed by atoms with van der Waals surface area (Å²) in [6.07, 6.45) is 1.81. The Balaban J connectivity index is 2.10. The average molecular weight is 260 g/mol. The Morgan fingerprint density at radius 3 is 2.65 bits per heavy atom. The number of hydrogen-bond donors (Lipinski definition) is 0. The smallest absolute Gasteiger partial charge is 0.145 e. The first-order valence-electron chi connectivity index (χ1n) is 6.27. The summed E-state index contributed by atoms with van der Waals surface area (Å²) in [7, 11) is 0. The van der Waals surface area contributed by atoms with Gasteiger partial charge in [0.05, 0.1) is 5.52 Å². The van der Waals surface area contributed by atoms with E-state index < -0.39 is 0 Å². The third-order valence-corrected chi connectivity index (χ3v) is 3.08. The van der Waals surface area contributed by atoms with Crippen LogP contribution >= 0.6 is 0 Å². The number of hydrogen-bond acceptors (Lipinski definition) is 3. The standard InChI is InChI=1S/C16H12N4/c1-12-6-8-13(9-7-12)10-14(11-17)20-16-5-3-2-4-15(16)18-19-20/h2-10H,1H3/b14-10+. The Morgan fingerprint density at radius 2 is 1.90 bits per heavy atom. The molecule has 0 aliphatic heterocycles. The number of fused-ring (bicyclic) bond motifs is 1. The molecule has 3 rings (SSSR count). The fourth-order valence-corrected chi connectivity index (χ4v) is 2.01. The SMILES string of the molecule is Cc1ccc(/C=C(\C#N)n2nnc3ccccc32)cc1. The lowest BCUT2D eigenvalue weighted by atomic mass is 10.1. The molecule has 0 unspecified atom stereocenters. The molecule has 0 saturated heterocycles. The minimum Gasteiger partial charge on any atom is -0.202 e. The van der Waals surface area contributed by atoms with Gasteiger partial charge in [-0.05, 0) is 30.7 Å². The van der Waals surface area contributed by atoms with E-state index in [9.17, 15) is 5.26 Å². The zero-order chi connectivity index (χ0) is 13.9. The second kappa shape index (κ2) is 4.98. The summed E-state index contributed by atoms with van der Waals surface area (Å²) in [6.45, 7) is 2.03. The normalized spacial score (nSPS) is 11.5. The van der Waals surface area contributed by atoms with Crippen LogP contribution in [0.1, 0.15) is 11.1 Å². The third kappa shape index (κ3) is 2.17. The number of rotatable bonds is 2. The van der Waals surface area contributed by atoms with Gasteiger partial charge in [0.1, 0.15) is 17.3 Å². The molecule has 0 radical (unpaired) electrons. The van der Waals surface area contributed by atoms with Crippen molar-refractivity contribution in [1.82, 2.24) is 15.0 Å². The van der Waals surface area contributed by atoms with Crippen LogP contribution in [0.3, 0.4) is 0 Å². The van der Waals surface area contributed by atoms with Crippen LogP contribution in [0.2, 0.25) is 0 Å². The van der Waals surface area contributed by atoms with Gasteiger partial charge in [0.25, 0.3) is 0 Å². The molecule has 20 heavy (non-hydrogen) atoms. The van der Waals surface area contributed by atoms with Gasteiger partial charge >= 0.3 is 0 Å². The van der Waals surface area contributed by atoms with E-state index in [0.717, 1.165) is 16.6 Å². The first-order valence-corrected chi connectivity index (χ1v) is 6.27. The average Bonchev–Trinajstić information content (AvgIpc) is 2.91. The molecule has 0 amide bonds. The van der Waals surface area contributed by atoms with Crippen molar-refractivity contribution in [2.24, 2.45) is 0 Å². The van der Waals surface area contributed by atoms with Gasteiger partial charge < -0.3 is 0 Å². The number of allylic oxidation sites excluding steroid dienone is 1. The van der Waals surface area contributed by atoms with Crippen molar-refractivity contribution in [3.63, 3.8) is 0 Å². The number of benzene rings is 2. The fourth-order valence-electron chi connectivity index (χ4n) is 2.01. The number of nitriles is 1. The van der Waals surface area contributed by atoms with Crippen LogP contribution in [0.15, 0.2) is 48.5 Å². The molecule has 3 aromatic rings. The van der Waals surface area contributed by atoms with Crippen LogP contribution in [-0.2, 0) is 0 Å². The van der Waals surface area contributed by atoms with Crippen LogP contribution in [0.4, 0.5) is 0 Å². The van der Waals surface area contributed by atoms with Gasteiger partial charge in [0.15, 0.2) is 0 Å². The van der Waals surface area contributed by atoms with Crippen molar-refractivity contribution >= 4 is 22.8 Å². The molecule has 0 bridgehead atoms. The molecule has 4 heteroatoms. The van der Waals surface area contributed by atoms with Gasteiger partial charge in [-0.3, -0.25) is 0 Å². The molecule has 0 atom stereocenters. The van der Waals surface area contributed by atoms with E-state index in [2.05, 4.69) is 16.4 Å². The monoisotopic (exact) mass is 260 g/mol. The lowest BCUT2D eigenvalue weighted by Crippen LogP contribution is -1.97.